The van der Waals surface area contributed by atoms with E-state index < -0.39 is 10.0 Å². The molecule has 1 aliphatic carbocycles. The number of sulfonamides is 1. The minimum Gasteiger partial charge on any atom is -0.381 e. The van der Waals surface area contributed by atoms with Crippen molar-refractivity contribution in [3.8, 4) is 0 Å². The summed E-state index contributed by atoms with van der Waals surface area (Å²) in [6, 6.07) is 2.31. The first-order valence-electron chi connectivity index (χ1n) is 7.11. The second kappa shape index (κ2) is 5.85. The Morgan fingerprint density at radius 1 is 1.35 bits per heavy atom. The van der Waals surface area contributed by atoms with Crippen LogP contribution in [0.3, 0.4) is 0 Å². The highest BCUT2D eigenvalue weighted by Crippen LogP contribution is 2.20. The monoisotopic (exact) mass is 299 g/mol. The summed E-state index contributed by atoms with van der Waals surface area (Å²) < 4.78 is 32.2. The molecule has 0 spiro atoms. The van der Waals surface area contributed by atoms with Crippen LogP contribution >= 0.6 is 0 Å². The van der Waals surface area contributed by atoms with Gasteiger partial charge in [0, 0.05) is 37.6 Å². The number of nitrogens with one attached hydrogen (secondary N) is 3. The second-order valence-electron chi connectivity index (χ2n) is 5.60. The van der Waals surface area contributed by atoms with E-state index in [9.17, 15) is 8.42 Å². The Bertz CT molecular complexity index is 545. The lowest BCUT2D eigenvalue weighted by atomic mass is 10.1. The van der Waals surface area contributed by atoms with Crippen molar-refractivity contribution in [3.63, 3.8) is 0 Å². The molecule has 0 bridgehead atoms. The minimum atomic E-state index is -3.41. The van der Waals surface area contributed by atoms with E-state index in [0.717, 1.165) is 18.7 Å². The van der Waals surface area contributed by atoms with Crippen molar-refractivity contribution in [2.45, 2.75) is 36.7 Å². The van der Waals surface area contributed by atoms with Gasteiger partial charge in [-0.1, -0.05) is 0 Å². The van der Waals surface area contributed by atoms with Crippen molar-refractivity contribution in [3.05, 3.63) is 18.0 Å². The maximum absolute atomic E-state index is 12.2. The molecule has 1 saturated heterocycles. The molecule has 3 N–H and O–H groups in total. The first-order valence-corrected chi connectivity index (χ1v) is 8.60. The summed E-state index contributed by atoms with van der Waals surface area (Å²) in [7, 11) is -3.41. The van der Waals surface area contributed by atoms with Gasteiger partial charge in [-0.25, -0.2) is 13.1 Å². The summed E-state index contributed by atoms with van der Waals surface area (Å²) in [5.41, 5.74) is 0.904. The minimum absolute atomic E-state index is 0.291. The number of rotatable bonds is 7. The van der Waals surface area contributed by atoms with E-state index in [-0.39, 0.29) is 0 Å². The van der Waals surface area contributed by atoms with Gasteiger partial charge in [-0.3, -0.25) is 0 Å². The average molecular weight is 299 g/mol. The molecule has 2 heterocycles. The SMILES string of the molecule is O=S(=O)(NCC1CCOC1)c1c[nH]c(CNC2CC2)c1. The van der Waals surface area contributed by atoms with Crippen molar-refractivity contribution in [1.82, 2.24) is 15.0 Å². The number of ether oxygens (including phenoxy) is 1. The van der Waals surface area contributed by atoms with Crippen LogP contribution in [0.25, 0.3) is 0 Å². The summed E-state index contributed by atoms with van der Waals surface area (Å²) in [5.74, 6) is 0.291. The van der Waals surface area contributed by atoms with Crippen LogP contribution in [0.5, 0.6) is 0 Å². The predicted molar refractivity (Wildman–Crippen MR) is 74.8 cm³/mol. The van der Waals surface area contributed by atoms with Crippen molar-refractivity contribution < 1.29 is 13.2 Å². The second-order valence-corrected chi connectivity index (χ2v) is 7.36. The van der Waals surface area contributed by atoms with Crippen LogP contribution < -0.4 is 10.0 Å². The third kappa shape index (κ3) is 3.60. The van der Waals surface area contributed by atoms with Crippen LogP contribution in [0, 0.1) is 5.92 Å². The van der Waals surface area contributed by atoms with Crippen molar-refractivity contribution >= 4 is 10.0 Å². The fraction of sp³-hybridized carbons (Fsp3) is 0.692. The molecular weight excluding hydrogens is 278 g/mol. The van der Waals surface area contributed by atoms with Crippen LogP contribution in [0.1, 0.15) is 25.0 Å². The molecule has 1 aliphatic heterocycles. The highest BCUT2D eigenvalue weighted by Gasteiger charge is 2.22. The third-order valence-electron chi connectivity index (χ3n) is 3.77. The zero-order chi connectivity index (χ0) is 14.0. The fourth-order valence-corrected chi connectivity index (χ4v) is 3.41. The van der Waals surface area contributed by atoms with Crippen LogP contribution in [0.4, 0.5) is 0 Å². The average Bonchev–Trinajstić information content (AvgIpc) is 2.94. The molecule has 0 aromatic carbocycles. The van der Waals surface area contributed by atoms with Crippen molar-refractivity contribution in [1.29, 1.82) is 0 Å². The van der Waals surface area contributed by atoms with Gasteiger partial charge in [-0.15, -0.1) is 0 Å². The van der Waals surface area contributed by atoms with Crippen molar-refractivity contribution in [2.75, 3.05) is 19.8 Å². The highest BCUT2D eigenvalue weighted by molar-refractivity contribution is 7.89. The Hall–Kier alpha value is -0.890. The molecule has 20 heavy (non-hydrogen) atoms. The first kappa shape index (κ1) is 14.1. The van der Waals surface area contributed by atoms with Gasteiger partial charge in [0.2, 0.25) is 10.0 Å². The van der Waals surface area contributed by atoms with E-state index in [4.69, 9.17) is 4.74 Å². The maximum atomic E-state index is 12.2. The Labute approximate surface area is 119 Å². The molecule has 112 valence electrons. The molecule has 3 rings (SSSR count). The molecule has 1 saturated carbocycles. The Morgan fingerprint density at radius 2 is 2.20 bits per heavy atom. The van der Waals surface area contributed by atoms with Gasteiger partial charge in [0.05, 0.1) is 11.5 Å². The molecule has 0 radical (unpaired) electrons. The summed E-state index contributed by atoms with van der Waals surface area (Å²) in [6.45, 7) is 2.51. The van der Waals surface area contributed by atoms with Gasteiger partial charge < -0.3 is 15.0 Å². The van der Waals surface area contributed by atoms with E-state index in [1.165, 1.54) is 12.8 Å². The summed E-state index contributed by atoms with van der Waals surface area (Å²) in [6.07, 6.45) is 4.91. The normalized spacial score (nSPS) is 23.3. The van der Waals surface area contributed by atoms with Gasteiger partial charge in [-0.2, -0.15) is 0 Å². The van der Waals surface area contributed by atoms with E-state index in [2.05, 4.69) is 15.0 Å². The topological polar surface area (TPSA) is 83.2 Å². The molecule has 2 fully saturated rings. The molecule has 6 nitrogen and oxygen atoms in total. The first-order chi connectivity index (χ1) is 9.63. The lowest BCUT2D eigenvalue weighted by Gasteiger charge is -2.08. The van der Waals surface area contributed by atoms with E-state index in [1.807, 2.05) is 0 Å². The quantitative estimate of drug-likeness (QED) is 0.688. The fourth-order valence-electron chi connectivity index (χ4n) is 2.27. The standard InChI is InChI=1S/C13H21N3O3S/c17-20(18,16-6-10-3-4-19-9-10)13-5-12(15-8-13)7-14-11-1-2-11/h5,8,10-11,14-16H,1-4,6-7,9H2. The maximum Gasteiger partial charge on any atom is 0.242 e. The smallest absolute Gasteiger partial charge is 0.242 e. The van der Waals surface area contributed by atoms with E-state index in [0.29, 0.717) is 36.6 Å². The Balaban J connectivity index is 1.55. The van der Waals surface area contributed by atoms with Gasteiger partial charge >= 0.3 is 0 Å². The van der Waals surface area contributed by atoms with Crippen molar-refractivity contribution in [2.24, 2.45) is 5.92 Å². The predicted octanol–water partition coefficient (Wildman–Crippen LogP) is 0.581. The van der Waals surface area contributed by atoms with Crippen LogP contribution in [-0.2, 0) is 21.3 Å². The molecule has 1 unspecified atom stereocenters. The van der Waals surface area contributed by atoms with Gasteiger partial charge in [0.1, 0.15) is 0 Å². The number of hydrogen-bond acceptors (Lipinski definition) is 4. The number of hydrogen-bond donors (Lipinski definition) is 3. The number of H-pyrrole nitrogens is 1. The Kier molecular flexibility index (Phi) is 4.11. The summed E-state index contributed by atoms with van der Waals surface area (Å²) >= 11 is 0. The van der Waals surface area contributed by atoms with Gasteiger partial charge in [0.25, 0.3) is 0 Å². The lowest BCUT2D eigenvalue weighted by molar-refractivity contribution is 0.186. The molecule has 0 amide bonds. The summed E-state index contributed by atoms with van der Waals surface area (Å²) in [4.78, 5) is 3.33. The largest absolute Gasteiger partial charge is 0.381 e. The molecule has 7 heteroatoms. The zero-order valence-electron chi connectivity index (χ0n) is 11.4. The van der Waals surface area contributed by atoms with Gasteiger partial charge in [0.15, 0.2) is 0 Å². The van der Waals surface area contributed by atoms with E-state index >= 15 is 0 Å². The van der Waals surface area contributed by atoms with Gasteiger partial charge in [-0.05, 0) is 31.2 Å². The number of aromatic amines is 1. The summed E-state index contributed by atoms with van der Waals surface area (Å²) in [5, 5.41) is 3.35. The third-order valence-corrected chi connectivity index (χ3v) is 5.17. The molecule has 1 aromatic heterocycles. The van der Waals surface area contributed by atoms with E-state index in [1.54, 1.807) is 12.3 Å². The molecule has 2 aliphatic rings. The van der Waals surface area contributed by atoms with Crippen LogP contribution in [-0.4, -0.2) is 39.2 Å². The molecule has 1 aromatic rings. The van der Waals surface area contributed by atoms with Crippen LogP contribution in [0.2, 0.25) is 0 Å². The lowest BCUT2D eigenvalue weighted by Crippen LogP contribution is -2.29. The molecule has 1 atom stereocenters. The Morgan fingerprint density at radius 3 is 2.90 bits per heavy atom. The highest BCUT2D eigenvalue weighted by atomic mass is 32.2. The molecular formula is C13H21N3O3S. The van der Waals surface area contributed by atoms with Crippen LogP contribution in [0.15, 0.2) is 17.2 Å². The number of aromatic nitrogens is 1. The zero-order valence-corrected chi connectivity index (χ0v) is 12.2.